The Bertz CT molecular complexity index is 1660. The van der Waals surface area contributed by atoms with E-state index in [0.29, 0.717) is 47.6 Å². The van der Waals surface area contributed by atoms with Crippen molar-refractivity contribution in [2.45, 2.75) is 26.7 Å². The first-order valence-corrected chi connectivity index (χ1v) is 13.5. The molecule has 0 unspecified atom stereocenters. The number of aryl methyl sites for hydroxylation is 1. The van der Waals surface area contributed by atoms with Gasteiger partial charge in [-0.05, 0) is 55.3 Å². The number of amides is 1. The second-order valence-electron chi connectivity index (χ2n) is 8.75. The minimum Gasteiger partial charge on any atom is -0.507 e. The molecule has 0 saturated carbocycles. The van der Waals surface area contributed by atoms with Gasteiger partial charge in [0.15, 0.2) is 5.69 Å². The summed E-state index contributed by atoms with van der Waals surface area (Å²) in [5.74, 6) is -0.0705. The molecule has 0 bridgehead atoms. The number of imidazole rings is 1. The van der Waals surface area contributed by atoms with Crippen LogP contribution in [0.4, 0.5) is 0 Å². The fraction of sp³-hybridized carbons (Fsp3) is 0.207. The van der Waals surface area contributed by atoms with Gasteiger partial charge in [-0.2, -0.15) is 0 Å². The van der Waals surface area contributed by atoms with Gasteiger partial charge in [-0.15, -0.1) is 11.3 Å². The summed E-state index contributed by atoms with van der Waals surface area (Å²) in [5.41, 5.74) is 5.59. The summed E-state index contributed by atoms with van der Waals surface area (Å²) >= 11 is 1.36. The van der Waals surface area contributed by atoms with Crippen molar-refractivity contribution in [2.24, 2.45) is 0 Å². The van der Waals surface area contributed by atoms with Crippen molar-refractivity contribution < 1.29 is 19.4 Å². The van der Waals surface area contributed by atoms with E-state index in [1.165, 1.54) is 11.3 Å². The van der Waals surface area contributed by atoms with Gasteiger partial charge in [0, 0.05) is 41.4 Å². The fourth-order valence-electron chi connectivity index (χ4n) is 4.26. The van der Waals surface area contributed by atoms with Crippen LogP contribution >= 0.6 is 11.3 Å². The van der Waals surface area contributed by atoms with E-state index in [2.05, 4.69) is 32.2 Å². The zero-order chi connectivity index (χ0) is 27.4. The van der Waals surface area contributed by atoms with E-state index in [4.69, 9.17) is 4.74 Å². The fourth-order valence-corrected chi connectivity index (χ4v) is 5.03. The first kappa shape index (κ1) is 26.1. The molecule has 0 atom stereocenters. The molecule has 2 aromatic carbocycles. The maximum atomic E-state index is 12.8. The number of nitrogens with zero attached hydrogens (tertiary/aromatic N) is 3. The van der Waals surface area contributed by atoms with Crippen LogP contribution in [0.25, 0.3) is 33.5 Å². The van der Waals surface area contributed by atoms with Crippen LogP contribution < -0.4 is 5.32 Å². The Morgan fingerprint density at radius 1 is 1.08 bits per heavy atom. The highest BCUT2D eigenvalue weighted by Gasteiger charge is 2.15. The molecule has 0 aliphatic heterocycles. The van der Waals surface area contributed by atoms with Crippen LogP contribution in [0, 0.1) is 0 Å². The van der Waals surface area contributed by atoms with E-state index in [9.17, 15) is 14.7 Å². The van der Waals surface area contributed by atoms with Gasteiger partial charge in [-0.25, -0.2) is 14.8 Å². The minimum absolute atomic E-state index is 0.103. The van der Waals surface area contributed by atoms with Crippen molar-refractivity contribution in [3.8, 4) is 28.3 Å². The molecular formula is C29H27N5O4S. The van der Waals surface area contributed by atoms with Crippen molar-refractivity contribution in [3.05, 3.63) is 82.1 Å². The third-order valence-corrected chi connectivity index (χ3v) is 7.10. The van der Waals surface area contributed by atoms with Crippen molar-refractivity contribution in [1.82, 2.24) is 25.3 Å². The lowest BCUT2D eigenvalue weighted by molar-refractivity contribution is 0.0520. The van der Waals surface area contributed by atoms with Crippen LogP contribution in [0.3, 0.4) is 0 Å². The zero-order valence-corrected chi connectivity index (χ0v) is 22.3. The molecule has 0 spiro atoms. The van der Waals surface area contributed by atoms with Crippen molar-refractivity contribution >= 4 is 34.2 Å². The first-order chi connectivity index (χ1) is 19.0. The number of ether oxygens (including phenoxy) is 1. The Morgan fingerprint density at radius 3 is 2.77 bits per heavy atom. The summed E-state index contributed by atoms with van der Waals surface area (Å²) < 4.78 is 4.96. The summed E-state index contributed by atoms with van der Waals surface area (Å²) in [6.45, 7) is 4.47. The van der Waals surface area contributed by atoms with Gasteiger partial charge in [-0.1, -0.05) is 19.1 Å². The lowest BCUT2D eigenvalue weighted by Crippen LogP contribution is -2.25. The number of nitrogens with one attached hydrogen (secondary N) is 2. The number of fused-ring (bicyclic) bond motifs is 1. The second-order valence-corrected chi connectivity index (χ2v) is 9.70. The molecule has 198 valence electrons. The predicted molar refractivity (Wildman–Crippen MR) is 150 cm³/mol. The van der Waals surface area contributed by atoms with Crippen LogP contribution in [0.15, 0.2) is 60.1 Å². The van der Waals surface area contributed by atoms with Gasteiger partial charge in [0.05, 0.1) is 28.2 Å². The number of carbonyl (C=O) groups excluding carboxylic acids is 2. The van der Waals surface area contributed by atoms with E-state index in [1.54, 1.807) is 42.8 Å². The van der Waals surface area contributed by atoms with Gasteiger partial charge < -0.3 is 20.1 Å². The zero-order valence-electron chi connectivity index (χ0n) is 21.5. The number of H-pyrrole nitrogens is 1. The number of pyridine rings is 1. The molecule has 3 aromatic heterocycles. The molecule has 5 rings (SSSR count). The summed E-state index contributed by atoms with van der Waals surface area (Å²) in [7, 11) is 0. The average molecular weight is 542 g/mol. The molecule has 0 radical (unpaired) electrons. The van der Waals surface area contributed by atoms with Crippen LogP contribution in [0.5, 0.6) is 5.75 Å². The van der Waals surface area contributed by atoms with E-state index in [-0.39, 0.29) is 17.4 Å². The molecule has 0 aliphatic rings. The third kappa shape index (κ3) is 5.65. The van der Waals surface area contributed by atoms with Gasteiger partial charge in [0.2, 0.25) is 0 Å². The molecular weight excluding hydrogens is 514 g/mol. The number of benzene rings is 2. The van der Waals surface area contributed by atoms with Crippen molar-refractivity contribution in [2.75, 3.05) is 13.2 Å². The molecule has 1 amide bonds. The normalized spacial score (nSPS) is 11.0. The number of esters is 1. The van der Waals surface area contributed by atoms with Crippen LogP contribution in [-0.2, 0) is 17.6 Å². The third-order valence-electron chi connectivity index (χ3n) is 6.19. The van der Waals surface area contributed by atoms with E-state index < -0.39 is 5.97 Å². The summed E-state index contributed by atoms with van der Waals surface area (Å²) in [6.07, 6.45) is 3.07. The number of aromatic nitrogens is 4. The molecule has 3 heterocycles. The van der Waals surface area contributed by atoms with Crippen molar-refractivity contribution in [1.29, 1.82) is 0 Å². The lowest BCUT2D eigenvalue weighted by Gasteiger charge is -2.09. The van der Waals surface area contributed by atoms with E-state index >= 15 is 0 Å². The topological polar surface area (TPSA) is 130 Å². The molecule has 5 aromatic rings. The number of thiazole rings is 1. The number of hydrogen-bond acceptors (Lipinski definition) is 8. The molecule has 9 nitrogen and oxygen atoms in total. The number of phenolic OH excluding ortho intramolecular Hbond substituents is 1. The van der Waals surface area contributed by atoms with E-state index in [0.717, 1.165) is 28.2 Å². The summed E-state index contributed by atoms with van der Waals surface area (Å²) in [5, 5.41) is 15.9. The van der Waals surface area contributed by atoms with Crippen molar-refractivity contribution in [3.63, 3.8) is 0 Å². The number of carbonyl (C=O) groups is 2. The molecule has 0 saturated heterocycles. The highest BCUT2D eigenvalue weighted by molar-refractivity contribution is 7.09. The Balaban J connectivity index is 1.30. The molecule has 10 heteroatoms. The largest absolute Gasteiger partial charge is 0.507 e. The van der Waals surface area contributed by atoms with Crippen LogP contribution in [-0.4, -0.2) is 50.1 Å². The van der Waals surface area contributed by atoms with Crippen LogP contribution in [0.1, 0.15) is 45.4 Å². The highest BCUT2D eigenvalue weighted by atomic mass is 32.1. The second kappa shape index (κ2) is 11.4. The maximum absolute atomic E-state index is 12.8. The standard InChI is InChI=1S/C29H27N5O4S/c1-3-21-19(6-5-12-30-21)17-8-10-25(35)20(14-17)27-33-22-9-7-18(15-23(22)34-27)28(36)31-13-11-26-32-24(16-39-26)29(37)38-4-2/h5-10,12,14-16,35H,3-4,11,13H2,1-2H3,(H,31,36)(H,33,34). The Morgan fingerprint density at radius 2 is 1.95 bits per heavy atom. The van der Waals surface area contributed by atoms with E-state index in [1.807, 2.05) is 24.3 Å². The number of phenols is 1. The summed E-state index contributed by atoms with van der Waals surface area (Å²) in [4.78, 5) is 41.2. The van der Waals surface area contributed by atoms with Gasteiger partial charge in [0.25, 0.3) is 5.91 Å². The smallest absolute Gasteiger partial charge is 0.357 e. The highest BCUT2D eigenvalue weighted by Crippen LogP contribution is 2.34. The number of rotatable bonds is 9. The summed E-state index contributed by atoms with van der Waals surface area (Å²) in [6, 6.07) is 14.5. The SMILES string of the molecule is CCOC(=O)c1csc(CCNC(=O)c2ccc3nc(-c4cc(-c5cccnc5CC)ccc4O)[nH]c3c2)n1. The lowest BCUT2D eigenvalue weighted by atomic mass is 10.00. The molecule has 0 aliphatic carbocycles. The first-order valence-electron chi connectivity index (χ1n) is 12.6. The number of aromatic amines is 1. The van der Waals surface area contributed by atoms with Gasteiger partial charge in [0.1, 0.15) is 11.6 Å². The maximum Gasteiger partial charge on any atom is 0.357 e. The monoisotopic (exact) mass is 541 g/mol. The Labute approximate surface area is 228 Å². The van der Waals surface area contributed by atoms with Crippen LogP contribution in [0.2, 0.25) is 0 Å². The number of hydrogen-bond donors (Lipinski definition) is 3. The minimum atomic E-state index is -0.445. The Kier molecular flexibility index (Phi) is 7.64. The Hall–Kier alpha value is -4.57. The molecule has 39 heavy (non-hydrogen) atoms. The molecule has 0 fully saturated rings. The molecule has 3 N–H and O–H groups in total. The van der Waals surface area contributed by atoms with Gasteiger partial charge in [-0.3, -0.25) is 9.78 Å². The average Bonchev–Trinajstić information content (AvgIpc) is 3.60. The van der Waals surface area contributed by atoms with Gasteiger partial charge >= 0.3 is 5.97 Å². The quantitative estimate of drug-likeness (QED) is 0.220. The number of aromatic hydroxyl groups is 1. The predicted octanol–water partition coefficient (Wildman–Crippen LogP) is 5.17.